The van der Waals surface area contributed by atoms with Gasteiger partial charge in [0.05, 0.1) is 12.2 Å². The number of halogens is 2. The fraction of sp³-hybridized carbons (Fsp3) is 0.519. The number of carbonyl (C=O) groups is 1. The van der Waals surface area contributed by atoms with Crippen molar-refractivity contribution >= 4 is 17.6 Å². The van der Waals surface area contributed by atoms with E-state index in [1.165, 1.54) is 0 Å². The number of hydrogen-bond acceptors (Lipinski definition) is 9. The van der Waals surface area contributed by atoms with Crippen LogP contribution in [-0.4, -0.2) is 52.3 Å². The molecule has 3 aromatic rings. The largest absolute Gasteiger partial charge is 0.462 e. The molecule has 1 saturated heterocycles. The molecule has 1 N–H and O–H groups in total. The lowest BCUT2D eigenvalue weighted by Crippen LogP contribution is -2.34. The van der Waals surface area contributed by atoms with Crippen LogP contribution >= 0.6 is 0 Å². The summed E-state index contributed by atoms with van der Waals surface area (Å²) in [6.45, 7) is 8.14. The van der Waals surface area contributed by atoms with Crippen LogP contribution in [0.2, 0.25) is 0 Å². The molecule has 0 unspecified atom stereocenters. The maximum Gasteiger partial charge on any atom is 0.344 e. The first kappa shape index (κ1) is 27.4. The lowest BCUT2D eigenvalue weighted by molar-refractivity contribution is 0.0515. The minimum Gasteiger partial charge on any atom is -0.462 e. The number of nitrogens with zero attached hydrogens (tertiary/aromatic N) is 5. The zero-order valence-corrected chi connectivity index (χ0v) is 22.0. The van der Waals surface area contributed by atoms with E-state index in [1.54, 1.807) is 19.3 Å². The molecule has 2 aromatic heterocycles. The maximum atomic E-state index is 14.2. The van der Waals surface area contributed by atoms with E-state index < -0.39 is 23.2 Å². The van der Waals surface area contributed by atoms with Gasteiger partial charge in [-0.15, -0.1) is 0 Å². The zero-order chi connectivity index (χ0) is 27.1. The van der Waals surface area contributed by atoms with Gasteiger partial charge in [-0.2, -0.15) is 4.98 Å². The molecule has 0 atom stereocenters. The predicted molar refractivity (Wildman–Crippen MR) is 139 cm³/mol. The van der Waals surface area contributed by atoms with E-state index in [4.69, 9.17) is 9.26 Å². The van der Waals surface area contributed by atoms with Gasteiger partial charge in [0, 0.05) is 44.1 Å². The molecule has 1 aliphatic heterocycles. The van der Waals surface area contributed by atoms with E-state index >= 15 is 0 Å². The predicted octanol–water partition coefficient (Wildman–Crippen LogP) is 5.29. The summed E-state index contributed by atoms with van der Waals surface area (Å²) in [4.78, 5) is 27.3. The molecule has 11 heteroatoms. The minimum absolute atomic E-state index is 0.0524. The van der Waals surface area contributed by atoms with Crippen LogP contribution in [0.1, 0.15) is 62.7 Å². The summed E-state index contributed by atoms with van der Waals surface area (Å²) in [7, 11) is 0. The van der Waals surface area contributed by atoms with E-state index in [-0.39, 0.29) is 6.61 Å². The SMILES string of the molecule is CCOC(=O)c1c(F)cc(NCCCC2CCN(c3ncc(-c4noc(CC(C)C)n4)cn3)CC2)cc1F. The van der Waals surface area contributed by atoms with Gasteiger partial charge in [-0.25, -0.2) is 23.5 Å². The highest BCUT2D eigenvalue weighted by Crippen LogP contribution is 2.26. The van der Waals surface area contributed by atoms with Gasteiger partial charge >= 0.3 is 5.97 Å². The lowest BCUT2D eigenvalue weighted by atomic mass is 9.92. The molecule has 0 aliphatic carbocycles. The molecule has 38 heavy (non-hydrogen) atoms. The second-order valence-corrected chi connectivity index (χ2v) is 9.92. The van der Waals surface area contributed by atoms with Gasteiger partial charge in [-0.05, 0) is 56.6 Å². The van der Waals surface area contributed by atoms with Gasteiger partial charge in [0.2, 0.25) is 17.7 Å². The lowest BCUT2D eigenvalue weighted by Gasteiger charge is -2.32. The Morgan fingerprint density at radius 2 is 1.87 bits per heavy atom. The molecule has 4 rings (SSSR count). The Balaban J connectivity index is 1.20. The highest BCUT2D eigenvalue weighted by molar-refractivity contribution is 5.90. The standard InChI is InChI=1S/C27H34F2N6O3/c1-4-37-26(36)24-21(28)13-20(14-22(24)29)30-9-5-6-18-7-10-35(11-8-18)27-31-15-19(16-32-27)25-33-23(38-34-25)12-17(2)3/h13-18,30H,4-12H2,1-3H3. The normalized spacial score (nSPS) is 14.2. The highest BCUT2D eigenvalue weighted by atomic mass is 19.1. The van der Waals surface area contributed by atoms with Crippen LogP contribution in [0.4, 0.5) is 20.4 Å². The first-order chi connectivity index (χ1) is 18.3. The Morgan fingerprint density at radius 3 is 2.50 bits per heavy atom. The fourth-order valence-corrected chi connectivity index (χ4v) is 4.52. The van der Waals surface area contributed by atoms with Crippen molar-refractivity contribution in [2.24, 2.45) is 11.8 Å². The topological polar surface area (TPSA) is 106 Å². The van der Waals surface area contributed by atoms with Crippen LogP contribution in [0, 0.1) is 23.5 Å². The molecule has 0 amide bonds. The van der Waals surface area contributed by atoms with Crippen molar-refractivity contribution in [3.05, 3.63) is 47.6 Å². The van der Waals surface area contributed by atoms with Crippen LogP contribution in [-0.2, 0) is 11.2 Å². The van der Waals surface area contributed by atoms with Crippen molar-refractivity contribution in [2.45, 2.75) is 52.9 Å². The molecule has 1 aliphatic rings. The third-order valence-corrected chi connectivity index (χ3v) is 6.48. The zero-order valence-electron chi connectivity index (χ0n) is 22.0. The van der Waals surface area contributed by atoms with Gasteiger partial charge in [-0.3, -0.25) is 0 Å². The quantitative estimate of drug-likeness (QED) is 0.262. The van der Waals surface area contributed by atoms with Crippen molar-refractivity contribution in [3.63, 3.8) is 0 Å². The number of piperidine rings is 1. The number of rotatable bonds is 11. The highest BCUT2D eigenvalue weighted by Gasteiger charge is 2.22. The summed E-state index contributed by atoms with van der Waals surface area (Å²) in [5, 5.41) is 7.08. The molecule has 3 heterocycles. The maximum absolute atomic E-state index is 14.2. The Labute approximate surface area is 221 Å². The van der Waals surface area contributed by atoms with E-state index in [2.05, 4.69) is 44.2 Å². The van der Waals surface area contributed by atoms with Gasteiger partial charge in [-0.1, -0.05) is 19.0 Å². The minimum atomic E-state index is -0.996. The van der Waals surface area contributed by atoms with Crippen molar-refractivity contribution in [1.82, 2.24) is 20.1 Å². The summed E-state index contributed by atoms with van der Waals surface area (Å²) < 4.78 is 38.4. The first-order valence-corrected chi connectivity index (χ1v) is 13.1. The molecule has 0 spiro atoms. The smallest absolute Gasteiger partial charge is 0.344 e. The number of anilines is 2. The molecular weight excluding hydrogens is 494 g/mol. The Morgan fingerprint density at radius 1 is 1.18 bits per heavy atom. The summed E-state index contributed by atoms with van der Waals surface area (Å²) in [5.41, 5.74) is 0.374. The number of benzene rings is 1. The second kappa shape index (κ2) is 12.7. The summed E-state index contributed by atoms with van der Waals surface area (Å²) >= 11 is 0. The molecule has 204 valence electrons. The Bertz CT molecular complexity index is 1190. The van der Waals surface area contributed by atoms with Gasteiger partial charge in [0.25, 0.3) is 0 Å². The molecule has 9 nitrogen and oxygen atoms in total. The third kappa shape index (κ3) is 7.02. The summed E-state index contributed by atoms with van der Waals surface area (Å²) in [5.74, 6) is -0.0528. The number of hydrogen-bond donors (Lipinski definition) is 1. The first-order valence-electron chi connectivity index (χ1n) is 13.1. The van der Waals surface area contributed by atoms with Crippen molar-refractivity contribution in [2.75, 3.05) is 36.5 Å². The number of aromatic nitrogens is 4. The molecule has 0 radical (unpaired) electrons. The van der Waals surface area contributed by atoms with Crippen molar-refractivity contribution in [1.29, 1.82) is 0 Å². The number of esters is 1. The van der Waals surface area contributed by atoms with Gasteiger partial charge < -0.3 is 19.5 Å². The van der Waals surface area contributed by atoms with Crippen molar-refractivity contribution < 1.29 is 22.8 Å². The summed E-state index contributed by atoms with van der Waals surface area (Å²) in [6, 6.07) is 2.25. The van der Waals surface area contributed by atoms with Gasteiger partial charge in [0.15, 0.2) is 0 Å². The Kier molecular flexibility index (Phi) is 9.19. The van der Waals surface area contributed by atoms with Crippen LogP contribution in [0.5, 0.6) is 0 Å². The Hall–Kier alpha value is -3.63. The van der Waals surface area contributed by atoms with Crippen molar-refractivity contribution in [3.8, 4) is 11.4 Å². The number of nitrogens with one attached hydrogen (secondary N) is 1. The molecular formula is C27H34F2N6O3. The molecule has 0 saturated carbocycles. The van der Waals surface area contributed by atoms with Crippen LogP contribution in [0.15, 0.2) is 29.0 Å². The molecule has 1 aromatic carbocycles. The van der Waals surface area contributed by atoms with E-state index in [0.29, 0.717) is 41.7 Å². The average Bonchev–Trinajstić information content (AvgIpc) is 3.35. The summed E-state index contributed by atoms with van der Waals surface area (Å²) in [6.07, 6.45) is 8.10. The number of carbonyl (C=O) groups excluding carboxylic acids is 1. The number of ether oxygens (including phenoxy) is 1. The molecule has 1 fully saturated rings. The fourth-order valence-electron chi connectivity index (χ4n) is 4.52. The third-order valence-electron chi connectivity index (χ3n) is 6.48. The van der Waals surface area contributed by atoms with E-state index in [1.807, 2.05) is 0 Å². The van der Waals surface area contributed by atoms with Gasteiger partial charge in [0.1, 0.15) is 17.2 Å². The second-order valence-electron chi connectivity index (χ2n) is 9.92. The average molecular weight is 529 g/mol. The van der Waals surface area contributed by atoms with E-state index in [0.717, 1.165) is 62.9 Å². The molecule has 0 bridgehead atoms. The monoisotopic (exact) mass is 528 g/mol. The van der Waals surface area contributed by atoms with Crippen LogP contribution < -0.4 is 10.2 Å². The van der Waals surface area contributed by atoms with Crippen LogP contribution in [0.3, 0.4) is 0 Å². The van der Waals surface area contributed by atoms with Crippen LogP contribution in [0.25, 0.3) is 11.4 Å². The van der Waals surface area contributed by atoms with E-state index in [9.17, 15) is 13.6 Å².